The largest absolute Gasteiger partial charge is 0.379 e. The van der Waals surface area contributed by atoms with E-state index >= 15 is 0 Å². The predicted octanol–water partition coefficient (Wildman–Crippen LogP) is 1.16. The molecule has 4 heteroatoms. The van der Waals surface area contributed by atoms with Crippen LogP contribution in [-0.2, 0) is 17.7 Å². The van der Waals surface area contributed by atoms with E-state index in [0.717, 1.165) is 44.8 Å². The molecule has 0 saturated carbocycles. The summed E-state index contributed by atoms with van der Waals surface area (Å²) >= 11 is 0. The molecule has 94 valence electrons. The number of nitrogens with two attached hydrogens (primary N) is 1. The van der Waals surface area contributed by atoms with Crippen LogP contribution in [0.3, 0.4) is 0 Å². The summed E-state index contributed by atoms with van der Waals surface area (Å²) in [6, 6.07) is 5.46. The molecule has 0 aliphatic carbocycles. The average Bonchev–Trinajstić information content (AvgIpc) is 2.39. The summed E-state index contributed by atoms with van der Waals surface area (Å²) in [5, 5.41) is 0. The van der Waals surface area contributed by atoms with Crippen LogP contribution >= 0.6 is 0 Å². The van der Waals surface area contributed by atoms with E-state index in [9.17, 15) is 4.39 Å². The van der Waals surface area contributed by atoms with E-state index < -0.39 is 0 Å². The Morgan fingerprint density at radius 3 is 2.65 bits per heavy atom. The van der Waals surface area contributed by atoms with Crippen molar-refractivity contribution in [3.63, 3.8) is 0 Å². The molecule has 1 aliphatic heterocycles. The minimum atomic E-state index is -0.136. The lowest BCUT2D eigenvalue weighted by Gasteiger charge is -2.26. The smallest absolute Gasteiger partial charge is 0.130 e. The van der Waals surface area contributed by atoms with Crippen LogP contribution in [0, 0.1) is 5.82 Å². The van der Waals surface area contributed by atoms with Gasteiger partial charge in [-0.2, -0.15) is 0 Å². The van der Waals surface area contributed by atoms with Crippen LogP contribution in [0.4, 0.5) is 4.39 Å². The number of ether oxygens (including phenoxy) is 1. The third-order valence-corrected chi connectivity index (χ3v) is 3.18. The zero-order chi connectivity index (χ0) is 12.1. The summed E-state index contributed by atoms with van der Waals surface area (Å²) in [5.41, 5.74) is 6.86. The highest BCUT2D eigenvalue weighted by Gasteiger charge is 2.12. The van der Waals surface area contributed by atoms with Crippen LogP contribution in [0.5, 0.6) is 0 Å². The monoisotopic (exact) mass is 238 g/mol. The minimum absolute atomic E-state index is 0.136. The van der Waals surface area contributed by atoms with E-state index in [1.54, 1.807) is 6.07 Å². The number of morpholine rings is 1. The second kappa shape index (κ2) is 6.10. The number of hydrogen-bond acceptors (Lipinski definition) is 3. The highest BCUT2D eigenvalue weighted by atomic mass is 19.1. The Labute approximate surface area is 101 Å². The maximum absolute atomic E-state index is 13.9. The fourth-order valence-corrected chi connectivity index (χ4v) is 2.09. The lowest BCUT2D eigenvalue weighted by molar-refractivity contribution is 0.0383. The molecule has 2 N–H and O–H groups in total. The summed E-state index contributed by atoms with van der Waals surface area (Å²) in [5.74, 6) is -0.136. The second-order valence-corrected chi connectivity index (χ2v) is 4.30. The van der Waals surface area contributed by atoms with Gasteiger partial charge in [-0.1, -0.05) is 18.2 Å². The topological polar surface area (TPSA) is 38.5 Å². The normalized spacial score (nSPS) is 17.3. The first kappa shape index (κ1) is 12.5. The summed E-state index contributed by atoms with van der Waals surface area (Å²) in [6.07, 6.45) is 0.736. The van der Waals surface area contributed by atoms with Crippen LogP contribution < -0.4 is 5.73 Å². The molecule has 2 rings (SSSR count). The van der Waals surface area contributed by atoms with Gasteiger partial charge < -0.3 is 10.5 Å². The number of rotatable bonds is 4. The van der Waals surface area contributed by atoms with Crippen LogP contribution in [0.15, 0.2) is 18.2 Å². The third-order valence-electron chi connectivity index (χ3n) is 3.18. The van der Waals surface area contributed by atoms with Crippen molar-refractivity contribution in [2.45, 2.75) is 13.0 Å². The van der Waals surface area contributed by atoms with Gasteiger partial charge >= 0.3 is 0 Å². The van der Waals surface area contributed by atoms with Gasteiger partial charge in [-0.15, -0.1) is 0 Å². The number of benzene rings is 1. The molecule has 0 atom stereocenters. The molecule has 0 amide bonds. The highest BCUT2D eigenvalue weighted by Crippen LogP contribution is 2.13. The Bertz CT molecular complexity index is 364. The van der Waals surface area contributed by atoms with Gasteiger partial charge in [-0.3, -0.25) is 4.90 Å². The predicted molar refractivity (Wildman–Crippen MR) is 65.3 cm³/mol. The van der Waals surface area contributed by atoms with E-state index in [-0.39, 0.29) is 12.4 Å². The standard InChI is InChI=1S/C13H19FN2O/c14-13-11(2-1-3-12(13)10-15)4-5-16-6-8-17-9-7-16/h1-3H,4-10,15H2. The van der Waals surface area contributed by atoms with Gasteiger partial charge in [-0.05, 0) is 12.0 Å². The summed E-state index contributed by atoms with van der Waals surface area (Å²) in [7, 11) is 0. The number of hydrogen-bond donors (Lipinski definition) is 1. The Balaban J connectivity index is 1.93. The Hall–Kier alpha value is -0.970. The van der Waals surface area contributed by atoms with Crippen molar-refractivity contribution in [2.75, 3.05) is 32.8 Å². The second-order valence-electron chi connectivity index (χ2n) is 4.30. The molecule has 1 saturated heterocycles. The van der Waals surface area contributed by atoms with Crippen molar-refractivity contribution in [2.24, 2.45) is 5.73 Å². The van der Waals surface area contributed by atoms with Gasteiger partial charge in [0.1, 0.15) is 5.82 Å². The van der Waals surface area contributed by atoms with Gasteiger partial charge in [-0.25, -0.2) is 4.39 Å². The van der Waals surface area contributed by atoms with E-state index in [1.165, 1.54) is 0 Å². The fraction of sp³-hybridized carbons (Fsp3) is 0.538. The zero-order valence-corrected chi connectivity index (χ0v) is 9.99. The quantitative estimate of drug-likeness (QED) is 0.855. The molecule has 17 heavy (non-hydrogen) atoms. The molecule has 0 aromatic heterocycles. The fourth-order valence-electron chi connectivity index (χ4n) is 2.09. The molecule has 0 bridgehead atoms. The minimum Gasteiger partial charge on any atom is -0.379 e. The SMILES string of the molecule is NCc1cccc(CCN2CCOCC2)c1F. The van der Waals surface area contributed by atoms with Crippen LogP contribution in [-0.4, -0.2) is 37.7 Å². The molecule has 0 radical (unpaired) electrons. The number of halogens is 1. The van der Waals surface area contributed by atoms with Crippen molar-refractivity contribution in [1.29, 1.82) is 0 Å². The van der Waals surface area contributed by atoms with Gasteiger partial charge in [0.05, 0.1) is 13.2 Å². The van der Waals surface area contributed by atoms with Gasteiger partial charge in [0.2, 0.25) is 0 Å². The molecule has 0 unspecified atom stereocenters. The summed E-state index contributed by atoms with van der Waals surface area (Å²) in [6.45, 7) is 4.60. The Kier molecular flexibility index (Phi) is 4.48. The van der Waals surface area contributed by atoms with Crippen molar-refractivity contribution in [3.05, 3.63) is 35.1 Å². The van der Waals surface area contributed by atoms with Crippen molar-refractivity contribution >= 4 is 0 Å². The van der Waals surface area contributed by atoms with E-state index in [4.69, 9.17) is 10.5 Å². The van der Waals surface area contributed by atoms with Gasteiger partial charge in [0.15, 0.2) is 0 Å². The van der Waals surface area contributed by atoms with E-state index in [1.807, 2.05) is 12.1 Å². The van der Waals surface area contributed by atoms with Crippen molar-refractivity contribution in [1.82, 2.24) is 4.90 Å². The van der Waals surface area contributed by atoms with Crippen molar-refractivity contribution in [3.8, 4) is 0 Å². The molecular formula is C13H19FN2O. The average molecular weight is 238 g/mol. The Morgan fingerprint density at radius 2 is 1.94 bits per heavy atom. The van der Waals surface area contributed by atoms with Crippen LogP contribution in [0.1, 0.15) is 11.1 Å². The number of nitrogens with zero attached hydrogens (tertiary/aromatic N) is 1. The molecule has 1 aliphatic rings. The van der Waals surface area contributed by atoms with Gasteiger partial charge in [0.25, 0.3) is 0 Å². The molecule has 1 heterocycles. The van der Waals surface area contributed by atoms with Crippen LogP contribution in [0.2, 0.25) is 0 Å². The lowest BCUT2D eigenvalue weighted by atomic mass is 10.1. The third kappa shape index (κ3) is 3.25. The van der Waals surface area contributed by atoms with E-state index in [0.29, 0.717) is 5.56 Å². The molecule has 1 aromatic carbocycles. The van der Waals surface area contributed by atoms with Gasteiger partial charge in [0, 0.05) is 31.7 Å². The first-order valence-corrected chi connectivity index (χ1v) is 6.07. The summed E-state index contributed by atoms with van der Waals surface area (Å²) < 4.78 is 19.2. The highest BCUT2D eigenvalue weighted by molar-refractivity contribution is 5.26. The first-order valence-electron chi connectivity index (χ1n) is 6.07. The summed E-state index contributed by atoms with van der Waals surface area (Å²) in [4.78, 5) is 2.30. The molecular weight excluding hydrogens is 219 g/mol. The Morgan fingerprint density at radius 1 is 1.24 bits per heavy atom. The molecule has 1 aromatic rings. The van der Waals surface area contributed by atoms with Crippen molar-refractivity contribution < 1.29 is 9.13 Å². The first-order chi connectivity index (χ1) is 8.31. The maximum Gasteiger partial charge on any atom is 0.130 e. The zero-order valence-electron chi connectivity index (χ0n) is 9.99. The molecule has 1 fully saturated rings. The molecule has 0 spiro atoms. The van der Waals surface area contributed by atoms with E-state index in [2.05, 4.69) is 4.90 Å². The lowest BCUT2D eigenvalue weighted by Crippen LogP contribution is -2.37. The van der Waals surface area contributed by atoms with Crippen LogP contribution in [0.25, 0.3) is 0 Å². The maximum atomic E-state index is 13.9. The molecule has 3 nitrogen and oxygen atoms in total.